The highest BCUT2D eigenvalue weighted by Crippen LogP contribution is 2.37. The summed E-state index contributed by atoms with van der Waals surface area (Å²) in [4.78, 5) is 10.8. The van der Waals surface area contributed by atoms with Crippen molar-refractivity contribution in [3.63, 3.8) is 0 Å². The molecule has 2 rings (SSSR count). The van der Waals surface area contributed by atoms with Gasteiger partial charge >= 0.3 is 5.97 Å². The van der Waals surface area contributed by atoms with Crippen molar-refractivity contribution in [3.05, 3.63) is 35.4 Å². The molecule has 1 saturated carbocycles. The summed E-state index contributed by atoms with van der Waals surface area (Å²) in [5.74, 6) is 0.358. The fraction of sp³-hybridized carbons (Fsp3) is 0.562. The lowest BCUT2D eigenvalue weighted by Gasteiger charge is -2.28. The number of benzene rings is 1. The van der Waals surface area contributed by atoms with Crippen molar-refractivity contribution in [1.82, 2.24) is 0 Å². The number of alkyl halides is 1. The van der Waals surface area contributed by atoms with Gasteiger partial charge in [-0.15, -0.1) is 0 Å². The van der Waals surface area contributed by atoms with Crippen LogP contribution in [0.2, 0.25) is 0 Å². The minimum atomic E-state index is -0.874. The van der Waals surface area contributed by atoms with Gasteiger partial charge in [0, 0.05) is 0 Å². The van der Waals surface area contributed by atoms with Crippen LogP contribution in [0.25, 0.3) is 0 Å². The number of carboxylic acids is 1. The molecule has 1 aromatic carbocycles. The van der Waals surface area contributed by atoms with Crippen LogP contribution in [0.1, 0.15) is 60.4 Å². The number of rotatable bonds is 5. The van der Waals surface area contributed by atoms with Gasteiger partial charge in [-0.05, 0) is 68.1 Å². The second-order valence-corrected chi connectivity index (χ2v) is 5.48. The fourth-order valence-electron chi connectivity index (χ4n) is 3.05. The lowest BCUT2D eigenvalue weighted by Crippen LogP contribution is -2.13. The molecule has 19 heavy (non-hydrogen) atoms. The van der Waals surface area contributed by atoms with Gasteiger partial charge in [-0.1, -0.05) is 12.1 Å². The third-order valence-electron chi connectivity index (χ3n) is 4.22. The average Bonchev–Trinajstić information content (AvgIpc) is 2.46. The maximum absolute atomic E-state index is 12.1. The monoisotopic (exact) mass is 264 g/mol. The molecule has 1 fully saturated rings. The molecule has 0 amide bonds. The Morgan fingerprint density at radius 3 is 2.32 bits per heavy atom. The van der Waals surface area contributed by atoms with Crippen molar-refractivity contribution >= 4 is 5.97 Å². The van der Waals surface area contributed by atoms with Crippen LogP contribution in [0, 0.1) is 5.92 Å². The van der Waals surface area contributed by atoms with Gasteiger partial charge in [-0.3, -0.25) is 4.39 Å². The SMILES string of the molecule is O=C(O)c1ccc(C2CCC(CCCF)CC2)cc1. The van der Waals surface area contributed by atoms with Gasteiger partial charge in [-0.2, -0.15) is 0 Å². The van der Waals surface area contributed by atoms with E-state index < -0.39 is 5.97 Å². The molecule has 1 aliphatic carbocycles. The van der Waals surface area contributed by atoms with Gasteiger partial charge in [0.15, 0.2) is 0 Å². The van der Waals surface area contributed by atoms with Crippen molar-refractivity contribution in [2.24, 2.45) is 5.92 Å². The van der Waals surface area contributed by atoms with E-state index in [0.29, 0.717) is 23.8 Å². The summed E-state index contributed by atoms with van der Waals surface area (Å²) in [6, 6.07) is 7.26. The molecule has 3 heteroatoms. The van der Waals surface area contributed by atoms with Crippen molar-refractivity contribution < 1.29 is 14.3 Å². The molecule has 1 N–H and O–H groups in total. The summed E-state index contributed by atoms with van der Waals surface area (Å²) >= 11 is 0. The summed E-state index contributed by atoms with van der Waals surface area (Å²) in [6.07, 6.45) is 6.34. The zero-order chi connectivity index (χ0) is 13.7. The molecule has 1 aromatic rings. The molecule has 2 nitrogen and oxygen atoms in total. The zero-order valence-electron chi connectivity index (χ0n) is 11.1. The summed E-state index contributed by atoms with van der Waals surface area (Å²) in [5, 5.41) is 8.87. The standard InChI is InChI=1S/C16H21FO2/c17-11-1-2-12-3-5-13(6-4-12)14-7-9-15(10-8-14)16(18)19/h7-10,12-13H,1-6,11H2,(H,18,19). The molecule has 0 atom stereocenters. The largest absolute Gasteiger partial charge is 0.478 e. The van der Waals surface area contributed by atoms with Crippen LogP contribution in [-0.2, 0) is 0 Å². The minimum absolute atomic E-state index is 0.198. The van der Waals surface area contributed by atoms with Crippen LogP contribution < -0.4 is 0 Å². The lowest BCUT2D eigenvalue weighted by molar-refractivity contribution is 0.0697. The van der Waals surface area contributed by atoms with Gasteiger partial charge in [-0.25, -0.2) is 4.79 Å². The highest BCUT2D eigenvalue weighted by atomic mass is 19.1. The molecule has 0 bridgehead atoms. The number of hydrogen-bond acceptors (Lipinski definition) is 1. The van der Waals surface area contributed by atoms with E-state index in [-0.39, 0.29) is 6.67 Å². The Labute approximate surface area is 113 Å². The summed E-state index contributed by atoms with van der Waals surface area (Å²) in [5.41, 5.74) is 1.59. The van der Waals surface area contributed by atoms with E-state index in [9.17, 15) is 9.18 Å². The Hall–Kier alpha value is -1.38. The van der Waals surface area contributed by atoms with E-state index in [0.717, 1.165) is 19.3 Å². The Balaban J connectivity index is 1.88. The smallest absolute Gasteiger partial charge is 0.335 e. The molecule has 0 spiro atoms. The van der Waals surface area contributed by atoms with Crippen LogP contribution in [-0.4, -0.2) is 17.8 Å². The number of carboxylic acid groups (broad SMARTS) is 1. The Morgan fingerprint density at radius 2 is 1.79 bits per heavy atom. The average molecular weight is 264 g/mol. The maximum atomic E-state index is 12.1. The van der Waals surface area contributed by atoms with E-state index >= 15 is 0 Å². The van der Waals surface area contributed by atoms with Gasteiger partial charge in [0.25, 0.3) is 0 Å². The number of aromatic carboxylic acids is 1. The van der Waals surface area contributed by atoms with Gasteiger partial charge in [0.2, 0.25) is 0 Å². The molecule has 0 unspecified atom stereocenters. The predicted molar refractivity (Wildman–Crippen MR) is 73.3 cm³/mol. The zero-order valence-corrected chi connectivity index (χ0v) is 11.1. The molecule has 104 valence electrons. The minimum Gasteiger partial charge on any atom is -0.478 e. The first-order valence-corrected chi connectivity index (χ1v) is 7.10. The Morgan fingerprint density at radius 1 is 1.16 bits per heavy atom. The molecule has 0 aromatic heterocycles. The second kappa shape index (κ2) is 6.69. The van der Waals surface area contributed by atoms with Crippen LogP contribution >= 0.6 is 0 Å². The molecular formula is C16H21FO2. The van der Waals surface area contributed by atoms with Crippen LogP contribution in [0.3, 0.4) is 0 Å². The van der Waals surface area contributed by atoms with Crippen molar-refractivity contribution in [3.8, 4) is 0 Å². The van der Waals surface area contributed by atoms with E-state index in [1.165, 1.54) is 18.4 Å². The Bertz CT molecular complexity index is 405. The van der Waals surface area contributed by atoms with Crippen molar-refractivity contribution in [2.45, 2.75) is 44.4 Å². The first-order valence-electron chi connectivity index (χ1n) is 7.10. The highest BCUT2D eigenvalue weighted by Gasteiger charge is 2.22. The van der Waals surface area contributed by atoms with Crippen molar-refractivity contribution in [1.29, 1.82) is 0 Å². The highest BCUT2D eigenvalue weighted by molar-refractivity contribution is 5.87. The van der Waals surface area contributed by atoms with Crippen LogP contribution in [0.4, 0.5) is 4.39 Å². The molecule has 0 heterocycles. The van der Waals surface area contributed by atoms with Crippen LogP contribution in [0.15, 0.2) is 24.3 Å². The number of hydrogen-bond donors (Lipinski definition) is 1. The molecular weight excluding hydrogens is 243 g/mol. The molecule has 0 saturated heterocycles. The summed E-state index contributed by atoms with van der Waals surface area (Å²) in [6.45, 7) is -0.198. The maximum Gasteiger partial charge on any atom is 0.335 e. The third-order valence-corrected chi connectivity index (χ3v) is 4.22. The first-order chi connectivity index (χ1) is 9.20. The van der Waals surface area contributed by atoms with Crippen LogP contribution in [0.5, 0.6) is 0 Å². The van der Waals surface area contributed by atoms with E-state index in [1.807, 2.05) is 12.1 Å². The number of carbonyl (C=O) groups is 1. The quantitative estimate of drug-likeness (QED) is 0.855. The lowest BCUT2D eigenvalue weighted by atomic mass is 9.77. The summed E-state index contributed by atoms with van der Waals surface area (Å²) in [7, 11) is 0. The molecule has 0 radical (unpaired) electrons. The topological polar surface area (TPSA) is 37.3 Å². The first kappa shape index (κ1) is 14.0. The van der Waals surface area contributed by atoms with Gasteiger partial charge < -0.3 is 5.11 Å². The molecule has 0 aliphatic heterocycles. The molecule has 1 aliphatic rings. The number of halogens is 1. The van der Waals surface area contributed by atoms with Gasteiger partial charge in [0.1, 0.15) is 0 Å². The fourth-order valence-corrected chi connectivity index (χ4v) is 3.05. The van der Waals surface area contributed by atoms with Gasteiger partial charge in [0.05, 0.1) is 12.2 Å². The normalized spacial score (nSPS) is 23.2. The van der Waals surface area contributed by atoms with E-state index in [2.05, 4.69) is 0 Å². The van der Waals surface area contributed by atoms with Crippen molar-refractivity contribution in [2.75, 3.05) is 6.67 Å². The van der Waals surface area contributed by atoms with E-state index in [1.54, 1.807) is 12.1 Å². The second-order valence-electron chi connectivity index (χ2n) is 5.48. The summed E-state index contributed by atoms with van der Waals surface area (Å²) < 4.78 is 12.1. The van der Waals surface area contributed by atoms with E-state index in [4.69, 9.17) is 5.11 Å². The Kier molecular flexibility index (Phi) is 4.94. The predicted octanol–water partition coefficient (Wildman–Crippen LogP) is 4.41. The third kappa shape index (κ3) is 3.79.